The van der Waals surface area contributed by atoms with E-state index < -0.39 is 0 Å². The molecule has 0 unspecified atom stereocenters. The molecule has 1 saturated carbocycles. The summed E-state index contributed by atoms with van der Waals surface area (Å²) >= 11 is 0. The minimum absolute atomic E-state index is 0.0139. The molecule has 32 heavy (non-hydrogen) atoms. The van der Waals surface area contributed by atoms with E-state index in [0.717, 1.165) is 48.9 Å². The van der Waals surface area contributed by atoms with E-state index in [0.29, 0.717) is 13.2 Å². The largest absolute Gasteiger partial charge is 0.383 e. The quantitative estimate of drug-likeness (QED) is 0.565. The molecule has 3 aromatic rings. The van der Waals surface area contributed by atoms with Gasteiger partial charge in [-0.2, -0.15) is 0 Å². The Morgan fingerprint density at radius 2 is 1.91 bits per heavy atom. The first-order chi connectivity index (χ1) is 15.8. The second-order valence-electron chi connectivity index (χ2n) is 8.97. The molecule has 0 spiro atoms. The normalized spacial score (nSPS) is 20.0. The molecule has 2 aliphatic rings. The number of pyridine rings is 1. The monoisotopic (exact) mass is 435 g/mol. The lowest BCUT2D eigenvalue weighted by molar-refractivity contribution is 0.0615. The first-order valence-corrected chi connectivity index (χ1v) is 11.9. The molecule has 0 radical (unpaired) electrons. The highest BCUT2D eigenvalue weighted by atomic mass is 16.5. The molecule has 1 aliphatic carbocycles. The molecule has 1 saturated heterocycles. The lowest BCUT2D eigenvalue weighted by atomic mass is 9.93. The molecule has 2 fully saturated rings. The average molecular weight is 436 g/mol. The van der Waals surface area contributed by atoms with E-state index in [4.69, 9.17) is 4.74 Å². The second-order valence-corrected chi connectivity index (χ2v) is 8.97. The van der Waals surface area contributed by atoms with E-state index in [2.05, 4.69) is 54.6 Å². The van der Waals surface area contributed by atoms with Crippen LogP contribution >= 0.6 is 0 Å². The van der Waals surface area contributed by atoms with Crippen molar-refractivity contribution in [3.05, 3.63) is 47.9 Å². The lowest BCUT2D eigenvalue weighted by Crippen LogP contribution is -2.52. The van der Waals surface area contributed by atoms with Crippen LogP contribution < -0.4 is 0 Å². The Morgan fingerprint density at radius 3 is 2.72 bits per heavy atom. The zero-order chi connectivity index (χ0) is 21.8. The third kappa shape index (κ3) is 4.53. The predicted octanol–water partition coefficient (Wildman–Crippen LogP) is 2.91. The van der Waals surface area contributed by atoms with Gasteiger partial charge in [0, 0.05) is 50.9 Å². The second kappa shape index (κ2) is 10.0. The average Bonchev–Trinajstić information content (AvgIpc) is 3.32. The van der Waals surface area contributed by atoms with Crippen LogP contribution in [0.4, 0.5) is 0 Å². The van der Waals surface area contributed by atoms with Crippen molar-refractivity contribution < 1.29 is 4.74 Å². The SMILES string of the molecule is COCCn1nnnc1[C@H](c1ccc2ncccc2c1)N1CCN(C2CCCCC2)CC1. The number of nitrogens with zero attached hydrogens (tertiary/aromatic N) is 7. The van der Waals surface area contributed by atoms with Gasteiger partial charge in [0.05, 0.1) is 24.7 Å². The van der Waals surface area contributed by atoms with Crippen LogP contribution in [0.25, 0.3) is 10.9 Å². The van der Waals surface area contributed by atoms with Crippen molar-refractivity contribution in [2.75, 3.05) is 39.9 Å². The van der Waals surface area contributed by atoms with Crippen LogP contribution in [0.5, 0.6) is 0 Å². The molecule has 2 aromatic heterocycles. The molecule has 1 atom stereocenters. The molecule has 1 aromatic carbocycles. The Labute approximate surface area is 189 Å². The van der Waals surface area contributed by atoms with Gasteiger partial charge in [-0.05, 0) is 47.0 Å². The van der Waals surface area contributed by atoms with Gasteiger partial charge in [-0.3, -0.25) is 14.8 Å². The van der Waals surface area contributed by atoms with Crippen LogP contribution in [-0.2, 0) is 11.3 Å². The summed E-state index contributed by atoms with van der Waals surface area (Å²) in [6.07, 6.45) is 8.72. The number of benzene rings is 1. The molecule has 5 rings (SSSR count). The summed E-state index contributed by atoms with van der Waals surface area (Å²) in [5, 5.41) is 13.9. The fraction of sp³-hybridized carbons (Fsp3) is 0.583. The molecule has 8 heteroatoms. The van der Waals surface area contributed by atoms with Crippen LogP contribution in [0, 0.1) is 0 Å². The van der Waals surface area contributed by atoms with Crippen LogP contribution in [-0.4, -0.2) is 80.9 Å². The van der Waals surface area contributed by atoms with Gasteiger partial charge in [0.1, 0.15) is 0 Å². The van der Waals surface area contributed by atoms with E-state index >= 15 is 0 Å². The van der Waals surface area contributed by atoms with Crippen molar-refractivity contribution in [2.24, 2.45) is 0 Å². The highest BCUT2D eigenvalue weighted by molar-refractivity contribution is 5.79. The maximum Gasteiger partial charge on any atom is 0.173 e. The maximum absolute atomic E-state index is 5.30. The van der Waals surface area contributed by atoms with Crippen molar-refractivity contribution in [3.8, 4) is 0 Å². The van der Waals surface area contributed by atoms with Crippen molar-refractivity contribution in [3.63, 3.8) is 0 Å². The topological polar surface area (TPSA) is 72.2 Å². The van der Waals surface area contributed by atoms with Crippen molar-refractivity contribution in [1.82, 2.24) is 35.0 Å². The van der Waals surface area contributed by atoms with Crippen LogP contribution in [0.3, 0.4) is 0 Å². The van der Waals surface area contributed by atoms with Gasteiger partial charge in [0.25, 0.3) is 0 Å². The summed E-state index contributed by atoms with van der Waals surface area (Å²) in [7, 11) is 1.71. The Bertz CT molecular complexity index is 1010. The molecule has 0 amide bonds. The van der Waals surface area contributed by atoms with E-state index in [1.54, 1.807) is 7.11 Å². The van der Waals surface area contributed by atoms with E-state index in [1.165, 1.54) is 37.7 Å². The van der Waals surface area contributed by atoms with Crippen molar-refractivity contribution in [1.29, 1.82) is 0 Å². The van der Waals surface area contributed by atoms with Gasteiger partial charge in [-0.25, -0.2) is 4.68 Å². The first kappa shape index (κ1) is 21.4. The number of aromatic nitrogens is 5. The van der Waals surface area contributed by atoms with Crippen molar-refractivity contribution in [2.45, 2.75) is 50.7 Å². The number of fused-ring (bicyclic) bond motifs is 1. The first-order valence-electron chi connectivity index (χ1n) is 11.9. The Kier molecular flexibility index (Phi) is 6.71. The van der Waals surface area contributed by atoms with Gasteiger partial charge in [-0.15, -0.1) is 5.10 Å². The number of ether oxygens (including phenoxy) is 1. The minimum atomic E-state index is 0.0139. The highest BCUT2D eigenvalue weighted by Crippen LogP contribution is 2.31. The number of rotatable bonds is 7. The number of hydrogen-bond donors (Lipinski definition) is 0. The zero-order valence-electron chi connectivity index (χ0n) is 18.9. The fourth-order valence-electron chi connectivity index (χ4n) is 5.34. The van der Waals surface area contributed by atoms with Crippen LogP contribution in [0.15, 0.2) is 36.5 Å². The molecule has 1 aliphatic heterocycles. The summed E-state index contributed by atoms with van der Waals surface area (Å²) in [4.78, 5) is 9.76. The summed E-state index contributed by atoms with van der Waals surface area (Å²) in [6.45, 7) is 5.48. The van der Waals surface area contributed by atoms with Gasteiger partial charge < -0.3 is 4.74 Å². The van der Waals surface area contributed by atoms with Gasteiger partial charge >= 0.3 is 0 Å². The summed E-state index contributed by atoms with van der Waals surface area (Å²) < 4.78 is 7.19. The van der Waals surface area contributed by atoms with Crippen LogP contribution in [0.1, 0.15) is 49.5 Å². The molecule has 170 valence electrons. The van der Waals surface area contributed by atoms with Gasteiger partial charge in [-0.1, -0.05) is 31.4 Å². The third-order valence-electron chi connectivity index (χ3n) is 7.06. The van der Waals surface area contributed by atoms with E-state index in [9.17, 15) is 0 Å². The molecule has 8 nitrogen and oxygen atoms in total. The standard InChI is InChI=1S/C24H33N7O/c1-32-17-16-31-24(26-27-28-31)23(20-9-10-22-19(18-20)6-5-11-25-22)30-14-12-29(13-15-30)21-7-3-2-4-8-21/h5-6,9-11,18,21,23H,2-4,7-8,12-17H2,1H3/t23-/m0/s1. The summed E-state index contributed by atoms with van der Waals surface area (Å²) in [5.74, 6) is 0.886. The van der Waals surface area contributed by atoms with Gasteiger partial charge in [0.15, 0.2) is 5.82 Å². The summed E-state index contributed by atoms with van der Waals surface area (Å²) in [6, 6.07) is 11.4. The Hall–Kier alpha value is -2.42. The molecular formula is C24H33N7O. The minimum Gasteiger partial charge on any atom is -0.383 e. The highest BCUT2D eigenvalue weighted by Gasteiger charge is 2.32. The number of piperazine rings is 1. The maximum atomic E-state index is 5.30. The molecule has 0 N–H and O–H groups in total. The Morgan fingerprint density at radius 1 is 1.06 bits per heavy atom. The van der Waals surface area contributed by atoms with Crippen molar-refractivity contribution >= 4 is 10.9 Å². The summed E-state index contributed by atoms with van der Waals surface area (Å²) in [5.41, 5.74) is 2.22. The Balaban J connectivity index is 1.43. The molecular weight excluding hydrogens is 402 g/mol. The number of tetrazole rings is 1. The predicted molar refractivity (Wildman–Crippen MR) is 123 cm³/mol. The smallest absolute Gasteiger partial charge is 0.173 e. The third-order valence-corrected chi connectivity index (χ3v) is 7.06. The van der Waals surface area contributed by atoms with E-state index in [-0.39, 0.29) is 6.04 Å². The van der Waals surface area contributed by atoms with E-state index in [1.807, 2.05) is 16.9 Å². The fourth-order valence-corrected chi connectivity index (χ4v) is 5.34. The van der Waals surface area contributed by atoms with Crippen LogP contribution in [0.2, 0.25) is 0 Å². The number of hydrogen-bond acceptors (Lipinski definition) is 7. The molecule has 0 bridgehead atoms. The number of methoxy groups -OCH3 is 1. The van der Waals surface area contributed by atoms with Gasteiger partial charge in [0.2, 0.25) is 0 Å². The zero-order valence-corrected chi connectivity index (χ0v) is 18.9. The molecule has 3 heterocycles. The lowest BCUT2D eigenvalue weighted by Gasteiger charge is -2.43.